The molecule has 0 radical (unpaired) electrons. The van der Waals surface area contributed by atoms with Gasteiger partial charge in [-0.2, -0.15) is 74.6 Å². The van der Waals surface area contributed by atoms with Crippen LogP contribution in [0, 0.1) is 0 Å². The quantitative estimate of drug-likeness (QED) is 0.195. The standard InChI is InChI=1S/C30H42F17NO8/c1-21-17-51-7-5-48(6-8-52-18-22(2,56-16-14-50-13-15-55-21)20-54-12-10-49-9-11-53-19-21)4-3-23(31,32)24(33,34)25(35,36)26(37,38)27(39,40)28(41,42)29(43,44)30(45,46)47/h3-20H2,1-2H3/t21-,22+. The average Bonchev–Trinajstić information content (AvgIpc) is 3.07. The van der Waals surface area contributed by atoms with Gasteiger partial charge in [0.1, 0.15) is 11.2 Å². The Kier molecular flexibility index (Phi) is 17.4. The van der Waals surface area contributed by atoms with Crippen molar-refractivity contribution in [2.45, 2.75) is 79.1 Å². The van der Waals surface area contributed by atoms with Crippen LogP contribution >= 0.6 is 0 Å². The number of alkyl halides is 17. The van der Waals surface area contributed by atoms with Gasteiger partial charge in [0.05, 0.1) is 92.5 Å². The van der Waals surface area contributed by atoms with E-state index in [1.165, 1.54) is 0 Å². The lowest BCUT2D eigenvalue weighted by Crippen LogP contribution is -2.74. The van der Waals surface area contributed by atoms with E-state index in [0.29, 0.717) is 0 Å². The first kappa shape index (κ1) is 50.6. The second-order valence-corrected chi connectivity index (χ2v) is 13.3. The minimum absolute atomic E-state index is 0.00333. The van der Waals surface area contributed by atoms with Crippen LogP contribution in [0.5, 0.6) is 0 Å². The molecule has 0 aromatic rings. The van der Waals surface area contributed by atoms with E-state index in [2.05, 4.69) is 0 Å². The van der Waals surface area contributed by atoms with Crippen molar-refractivity contribution in [3.8, 4) is 0 Å². The highest BCUT2D eigenvalue weighted by molar-refractivity contribution is 5.15. The van der Waals surface area contributed by atoms with E-state index in [0.717, 1.165) is 4.90 Å². The molecule has 2 heterocycles. The number of rotatable bonds is 9. The molecule has 0 amide bonds. The summed E-state index contributed by atoms with van der Waals surface area (Å²) in [5, 5.41) is 0. The van der Waals surface area contributed by atoms with Gasteiger partial charge in [-0.3, -0.25) is 4.90 Å². The van der Waals surface area contributed by atoms with Crippen molar-refractivity contribution in [2.24, 2.45) is 0 Å². The fourth-order valence-electron chi connectivity index (χ4n) is 4.91. The van der Waals surface area contributed by atoms with Crippen LogP contribution in [0.15, 0.2) is 0 Å². The predicted molar refractivity (Wildman–Crippen MR) is 155 cm³/mol. The summed E-state index contributed by atoms with van der Waals surface area (Å²) in [6.07, 6.45) is -10.4. The summed E-state index contributed by atoms with van der Waals surface area (Å²) < 4.78 is 279. The Morgan fingerprint density at radius 3 is 1.07 bits per heavy atom. The topological polar surface area (TPSA) is 77.1 Å². The molecular weight excluding hydrogens is 825 g/mol. The monoisotopic (exact) mass is 867 g/mol. The van der Waals surface area contributed by atoms with Crippen LogP contribution in [0.1, 0.15) is 20.3 Å². The molecule has 0 N–H and O–H groups in total. The summed E-state index contributed by atoms with van der Waals surface area (Å²) in [6.45, 7) is -0.544. The lowest BCUT2D eigenvalue weighted by molar-refractivity contribution is -0.461. The maximum atomic E-state index is 14.8. The highest BCUT2D eigenvalue weighted by Gasteiger charge is 2.95. The van der Waals surface area contributed by atoms with Crippen molar-refractivity contribution in [3.63, 3.8) is 0 Å². The molecule has 0 aromatic carbocycles. The van der Waals surface area contributed by atoms with Crippen LogP contribution in [0.2, 0.25) is 0 Å². The molecule has 0 aliphatic carbocycles. The zero-order chi connectivity index (χ0) is 43.0. The molecule has 2 rings (SSSR count). The van der Waals surface area contributed by atoms with Crippen LogP contribution in [0.25, 0.3) is 0 Å². The summed E-state index contributed by atoms with van der Waals surface area (Å²) in [6, 6.07) is 0. The fourth-order valence-corrected chi connectivity index (χ4v) is 4.91. The van der Waals surface area contributed by atoms with Crippen LogP contribution < -0.4 is 0 Å². The molecule has 0 unspecified atom stereocenters. The molecule has 0 saturated carbocycles. The Hall–Kier alpha value is -1.55. The highest BCUT2D eigenvalue weighted by Crippen LogP contribution is 2.64. The minimum Gasteiger partial charge on any atom is -0.377 e. The molecular formula is C30H42F17NO8. The zero-order valence-corrected chi connectivity index (χ0v) is 29.9. The van der Waals surface area contributed by atoms with Gasteiger partial charge in [0.15, 0.2) is 0 Å². The molecule has 2 atom stereocenters. The molecule has 2 bridgehead atoms. The van der Waals surface area contributed by atoms with E-state index in [4.69, 9.17) is 37.9 Å². The third-order valence-electron chi connectivity index (χ3n) is 8.36. The van der Waals surface area contributed by atoms with Gasteiger partial charge in [0.25, 0.3) is 0 Å². The van der Waals surface area contributed by atoms with Crippen molar-refractivity contribution in [3.05, 3.63) is 0 Å². The maximum Gasteiger partial charge on any atom is 0.460 e. The molecule has 2 aliphatic rings. The van der Waals surface area contributed by atoms with Gasteiger partial charge < -0.3 is 37.9 Å². The lowest BCUT2D eigenvalue weighted by Gasteiger charge is -2.43. The van der Waals surface area contributed by atoms with Crippen LogP contribution in [0.3, 0.4) is 0 Å². The van der Waals surface area contributed by atoms with Gasteiger partial charge in [-0.25, -0.2) is 0 Å². The third-order valence-corrected chi connectivity index (χ3v) is 8.36. The zero-order valence-electron chi connectivity index (χ0n) is 29.9. The van der Waals surface area contributed by atoms with Crippen molar-refractivity contribution in [2.75, 3.05) is 112 Å². The number of nitrogens with zero attached hydrogens (tertiary/aromatic N) is 1. The molecule has 0 spiro atoms. The Bertz CT molecular complexity index is 1160. The summed E-state index contributed by atoms with van der Waals surface area (Å²) >= 11 is 0. The first-order chi connectivity index (χ1) is 25.4. The van der Waals surface area contributed by atoms with Gasteiger partial charge in [0.2, 0.25) is 0 Å². The Morgan fingerprint density at radius 1 is 0.393 bits per heavy atom. The van der Waals surface area contributed by atoms with Crippen molar-refractivity contribution < 1.29 is 113 Å². The normalized spacial score (nSPS) is 26.4. The molecule has 2 saturated heterocycles. The molecule has 0 aromatic heterocycles. The number of ether oxygens (including phenoxy) is 8. The molecule has 334 valence electrons. The number of hydrogen-bond acceptors (Lipinski definition) is 9. The maximum absolute atomic E-state index is 14.8. The Morgan fingerprint density at radius 2 is 0.696 bits per heavy atom. The van der Waals surface area contributed by atoms with Crippen LogP contribution in [-0.2, 0) is 37.9 Å². The molecule has 26 heteroatoms. The van der Waals surface area contributed by atoms with E-state index < -0.39 is 98.1 Å². The van der Waals surface area contributed by atoms with Crippen molar-refractivity contribution in [1.29, 1.82) is 0 Å². The summed E-state index contributed by atoms with van der Waals surface area (Å²) in [5.41, 5.74) is -2.41. The second kappa shape index (κ2) is 19.2. The van der Waals surface area contributed by atoms with E-state index in [-0.39, 0.29) is 79.3 Å². The lowest BCUT2D eigenvalue weighted by atomic mass is 9.88. The van der Waals surface area contributed by atoms with Gasteiger partial charge in [-0.1, -0.05) is 0 Å². The van der Waals surface area contributed by atoms with E-state index in [9.17, 15) is 74.6 Å². The summed E-state index contributed by atoms with van der Waals surface area (Å²) in [4.78, 5) is 0.781. The smallest absolute Gasteiger partial charge is 0.377 e. The van der Waals surface area contributed by atoms with Gasteiger partial charge in [0, 0.05) is 26.1 Å². The van der Waals surface area contributed by atoms with Crippen molar-refractivity contribution >= 4 is 0 Å². The first-order valence-corrected chi connectivity index (χ1v) is 16.6. The predicted octanol–water partition coefficient (Wildman–Crippen LogP) is 6.37. The number of fused-ring (bicyclic) bond motifs is 8. The van der Waals surface area contributed by atoms with E-state index >= 15 is 0 Å². The highest BCUT2D eigenvalue weighted by atomic mass is 19.4. The summed E-state index contributed by atoms with van der Waals surface area (Å²) in [7, 11) is 0. The Balaban J connectivity index is 2.35. The fraction of sp³-hybridized carbons (Fsp3) is 1.00. The van der Waals surface area contributed by atoms with E-state index in [1.807, 2.05) is 0 Å². The van der Waals surface area contributed by atoms with Crippen LogP contribution in [-0.4, -0.2) is 176 Å². The van der Waals surface area contributed by atoms with Crippen molar-refractivity contribution in [1.82, 2.24) is 4.90 Å². The van der Waals surface area contributed by atoms with Gasteiger partial charge >= 0.3 is 47.6 Å². The summed E-state index contributed by atoms with van der Waals surface area (Å²) in [5.74, 6) is -56.8. The molecule has 2 aliphatic heterocycles. The largest absolute Gasteiger partial charge is 0.460 e. The Labute approximate surface area is 309 Å². The van der Waals surface area contributed by atoms with E-state index in [1.54, 1.807) is 13.8 Å². The molecule has 9 nitrogen and oxygen atoms in total. The molecule has 2 fully saturated rings. The SMILES string of the molecule is C[C@]12COCCOCCOC[C@](C)(COCCN(CCC(F)(F)C(F)(F)C(F)(F)C(F)(F)C(F)(F)C(F)(F)C(F)(F)C(F)(F)F)CCOC1)OCCOCCO2. The number of halogens is 17. The molecule has 56 heavy (non-hydrogen) atoms. The van der Waals surface area contributed by atoms with Gasteiger partial charge in [-0.15, -0.1) is 0 Å². The second-order valence-electron chi connectivity index (χ2n) is 13.3. The number of hydrogen-bond donors (Lipinski definition) is 0. The average molecular weight is 868 g/mol. The third kappa shape index (κ3) is 11.6. The van der Waals surface area contributed by atoms with Gasteiger partial charge in [-0.05, 0) is 13.8 Å². The first-order valence-electron chi connectivity index (χ1n) is 16.6. The minimum atomic E-state index is -8.69. The van der Waals surface area contributed by atoms with Crippen LogP contribution in [0.4, 0.5) is 74.6 Å².